The van der Waals surface area contributed by atoms with Crippen LogP contribution in [0.25, 0.3) is 60.7 Å². The molecule has 0 amide bonds. The number of hydrogen-bond donors (Lipinski definition) is 0. The van der Waals surface area contributed by atoms with E-state index in [-0.39, 0.29) is 0 Å². The summed E-state index contributed by atoms with van der Waals surface area (Å²) < 4.78 is 2.28. The van der Waals surface area contributed by atoms with E-state index in [1.165, 1.54) is 44.5 Å². The zero-order valence-electron chi connectivity index (χ0n) is 18.8. The van der Waals surface area contributed by atoms with Crippen molar-refractivity contribution in [1.29, 1.82) is 0 Å². The summed E-state index contributed by atoms with van der Waals surface area (Å²) in [5.41, 5.74) is 16.4. The number of fused-ring (bicyclic) bond motifs is 16. The number of aromatic nitrogens is 4. The van der Waals surface area contributed by atoms with Crippen LogP contribution >= 0.6 is 0 Å². The Morgan fingerprint density at radius 3 is 2.37 bits per heavy atom. The molecular formula is C31H18N4. The van der Waals surface area contributed by atoms with Gasteiger partial charge in [-0.2, -0.15) is 0 Å². The highest BCUT2D eigenvalue weighted by molar-refractivity contribution is 6.12. The molecule has 0 unspecified atom stereocenters. The zero-order chi connectivity index (χ0) is 22.7. The van der Waals surface area contributed by atoms with Gasteiger partial charge in [0.05, 0.1) is 22.1 Å². The number of pyridine rings is 3. The molecule has 3 aromatic carbocycles. The Bertz CT molecular complexity index is 2070. The second-order valence-electron chi connectivity index (χ2n) is 9.65. The van der Waals surface area contributed by atoms with E-state index in [2.05, 4.69) is 70.0 Å². The van der Waals surface area contributed by atoms with Crippen molar-refractivity contribution in [2.45, 2.75) is 12.8 Å². The lowest BCUT2D eigenvalue weighted by atomic mass is 9.96. The van der Waals surface area contributed by atoms with Crippen LogP contribution in [0.3, 0.4) is 0 Å². The first-order valence-corrected chi connectivity index (χ1v) is 12.0. The van der Waals surface area contributed by atoms with Crippen LogP contribution in [0.15, 0.2) is 85.3 Å². The van der Waals surface area contributed by atoms with E-state index in [4.69, 9.17) is 9.97 Å². The van der Waals surface area contributed by atoms with Gasteiger partial charge in [-0.3, -0.25) is 14.4 Å². The third kappa shape index (κ3) is 2.11. The smallest absolute Gasteiger partial charge is 0.146 e. The molecule has 162 valence electrons. The third-order valence-corrected chi connectivity index (χ3v) is 8.03. The molecule has 2 aliphatic rings. The summed E-state index contributed by atoms with van der Waals surface area (Å²) in [4.78, 5) is 14.4. The molecule has 0 fully saturated rings. The van der Waals surface area contributed by atoms with E-state index in [1.54, 1.807) is 0 Å². The molecule has 4 aromatic heterocycles. The standard InChI is InChI=1S/C31H18N4/c1-2-5-18-17(4-1)14-23-19(18)7-8-20-21-9-10-28-30(25(21)15-24(20)23)34-31-22-11-13-32-16-26(22)29-27(35(28)31)6-3-12-33-29/h1-13,16H,14-15H2. The van der Waals surface area contributed by atoms with Crippen molar-refractivity contribution in [1.82, 2.24) is 19.4 Å². The number of benzene rings is 3. The van der Waals surface area contributed by atoms with Gasteiger partial charge in [-0.1, -0.05) is 42.5 Å². The van der Waals surface area contributed by atoms with E-state index in [1.807, 2.05) is 24.7 Å². The van der Waals surface area contributed by atoms with Crippen molar-refractivity contribution >= 4 is 38.5 Å². The molecule has 7 aromatic rings. The molecule has 0 aliphatic heterocycles. The molecule has 4 nitrogen and oxygen atoms in total. The summed E-state index contributed by atoms with van der Waals surface area (Å²) in [6.07, 6.45) is 7.55. The first kappa shape index (κ1) is 17.8. The van der Waals surface area contributed by atoms with Crippen LogP contribution in [-0.2, 0) is 12.8 Å². The predicted molar refractivity (Wildman–Crippen MR) is 140 cm³/mol. The second kappa shape index (κ2) is 6.10. The van der Waals surface area contributed by atoms with Gasteiger partial charge >= 0.3 is 0 Å². The van der Waals surface area contributed by atoms with E-state index in [0.29, 0.717) is 0 Å². The quantitative estimate of drug-likeness (QED) is 0.243. The third-order valence-electron chi connectivity index (χ3n) is 8.03. The van der Waals surface area contributed by atoms with Crippen LogP contribution in [0.2, 0.25) is 0 Å². The summed E-state index contributed by atoms with van der Waals surface area (Å²) in [7, 11) is 0. The summed E-state index contributed by atoms with van der Waals surface area (Å²) in [6, 6.07) is 24.2. The molecule has 0 saturated heterocycles. The molecule has 2 aliphatic carbocycles. The minimum absolute atomic E-state index is 0.929. The first-order valence-electron chi connectivity index (χ1n) is 12.0. The second-order valence-corrected chi connectivity index (χ2v) is 9.65. The summed E-state index contributed by atoms with van der Waals surface area (Å²) in [6.45, 7) is 0. The highest BCUT2D eigenvalue weighted by Gasteiger charge is 2.30. The van der Waals surface area contributed by atoms with Gasteiger partial charge in [0.2, 0.25) is 0 Å². The molecule has 4 heteroatoms. The van der Waals surface area contributed by atoms with Crippen molar-refractivity contribution in [2.75, 3.05) is 0 Å². The lowest BCUT2D eigenvalue weighted by Crippen LogP contribution is -1.93. The van der Waals surface area contributed by atoms with E-state index < -0.39 is 0 Å². The van der Waals surface area contributed by atoms with Crippen LogP contribution in [0.4, 0.5) is 0 Å². The van der Waals surface area contributed by atoms with Crippen LogP contribution in [0.5, 0.6) is 0 Å². The maximum Gasteiger partial charge on any atom is 0.146 e. The van der Waals surface area contributed by atoms with Crippen molar-refractivity contribution in [3.63, 3.8) is 0 Å². The fourth-order valence-corrected chi connectivity index (χ4v) is 6.52. The van der Waals surface area contributed by atoms with E-state index in [0.717, 1.165) is 51.3 Å². The average molecular weight is 447 g/mol. The Labute approximate surface area is 200 Å². The van der Waals surface area contributed by atoms with Crippen LogP contribution < -0.4 is 0 Å². The fourth-order valence-electron chi connectivity index (χ4n) is 6.52. The van der Waals surface area contributed by atoms with Gasteiger partial charge in [-0.15, -0.1) is 0 Å². The van der Waals surface area contributed by atoms with Crippen LogP contribution in [-0.4, -0.2) is 19.4 Å². The van der Waals surface area contributed by atoms with Gasteiger partial charge in [0.25, 0.3) is 0 Å². The molecular weight excluding hydrogens is 428 g/mol. The molecule has 0 radical (unpaired) electrons. The van der Waals surface area contributed by atoms with Crippen molar-refractivity contribution in [2.24, 2.45) is 0 Å². The van der Waals surface area contributed by atoms with Gasteiger partial charge in [0.15, 0.2) is 0 Å². The summed E-state index contributed by atoms with van der Waals surface area (Å²) in [5.74, 6) is 0. The zero-order valence-corrected chi connectivity index (χ0v) is 18.8. The molecule has 0 spiro atoms. The van der Waals surface area contributed by atoms with E-state index in [9.17, 15) is 0 Å². The van der Waals surface area contributed by atoms with E-state index >= 15 is 0 Å². The Balaban J connectivity index is 1.36. The Morgan fingerprint density at radius 1 is 0.600 bits per heavy atom. The number of hydrogen-bond acceptors (Lipinski definition) is 3. The lowest BCUT2D eigenvalue weighted by molar-refractivity contribution is 1.17. The maximum absolute atomic E-state index is 5.29. The fraction of sp³-hybridized carbons (Fsp3) is 0.0645. The van der Waals surface area contributed by atoms with Gasteiger partial charge in [0, 0.05) is 35.8 Å². The Morgan fingerprint density at radius 2 is 1.40 bits per heavy atom. The lowest BCUT2D eigenvalue weighted by Gasteiger charge is -2.08. The predicted octanol–water partition coefficient (Wildman–Crippen LogP) is 6.73. The number of rotatable bonds is 0. The van der Waals surface area contributed by atoms with Gasteiger partial charge < -0.3 is 0 Å². The van der Waals surface area contributed by atoms with Crippen molar-refractivity contribution < 1.29 is 0 Å². The molecule has 35 heavy (non-hydrogen) atoms. The molecule has 0 saturated carbocycles. The van der Waals surface area contributed by atoms with Crippen molar-refractivity contribution in [3.8, 4) is 22.3 Å². The largest absolute Gasteiger partial charge is 0.290 e. The van der Waals surface area contributed by atoms with Crippen LogP contribution in [0, 0.1) is 0 Å². The molecule has 0 N–H and O–H groups in total. The molecule has 4 heterocycles. The normalized spacial score (nSPS) is 13.5. The minimum atomic E-state index is 0.929. The van der Waals surface area contributed by atoms with Crippen molar-refractivity contribution in [3.05, 3.63) is 108 Å². The molecule has 9 rings (SSSR count). The first-order chi connectivity index (χ1) is 17.4. The minimum Gasteiger partial charge on any atom is -0.290 e. The average Bonchev–Trinajstić information content (AvgIpc) is 3.60. The highest BCUT2D eigenvalue weighted by Crippen LogP contribution is 2.48. The monoisotopic (exact) mass is 446 g/mol. The van der Waals surface area contributed by atoms with Gasteiger partial charge in [0.1, 0.15) is 5.65 Å². The number of nitrogens with zero attached hydrogens (tertiary/aromatic N) is 4. The highest BCUT2D eigenvalue weighted by atomic mass is 15.0. The molecule has 0 atom stereocenters. The van der Waals surface area contributed by atoms with Gasteiger partial charge in [-0.25, -0.2) is 4.98 Å². The summed E-state index contributed by atoms with van der Waals surface area (Å²) >= 11 is 0. The SMILES string of the molecule is c1ccc2c(c1)Cc1c-2ccc2c1Cc1c-2ccc2c1nc1c3ccncc3c3ncccc3n21. The number of imidazole rings is 1. The molecule has 0 bridgehead atoms. The topological polar surface area (TPSA) is 43.1 Å². The maximum atomic E-state index is 5.29. The Kier molecular flexibility index (Phi) is 3.11. The summed E-state index contributed by atoms with van der Waals surface area (Å²) in [5, 5.41) is 2.13. The van der Waals surface area contributed by atoms with Gasteiger partial charge in [-0.05, 0) is 75.2 Å². The Hall–Kier alpha value is -4.57. The van der Waals surface area contributed by atoms with Crippen LogP contribution in [0.1, 0.15) is 22.3 Å².